The van der Waals surface area contributed by atoms with E-state index in [1.165, 1.54) is 11.8 Å². The number of rotatable bonds is 7. The predicted molar refractivity (Wildman–Crippen MR) is 101 cm³/mol. The molecule has 3 aromatic heterocycles. The molecule has 0 aliphatic rings. The van der Waals surface area contributed by atoms with E-state index in [1.807, 2.05) is 29.8 Å². The van der Waals surface area contributed by atoms with Gasteiger partial charge in [-0.2, -0.15) is 4.98 Å². The molecule has 4 rings (SSSR count). The minimum atomic E-state index is 0.463. The van der Waals surface area contributed by atoms with Crippen LogP contribution >= 0.6 is 11.8 Å². The summed E-state index contributed by atoms with van der Waals surface area (Å²) in [5.74, 6) is 3.98. The molecule has 28 heavy (non-hydrogen) atoms. The van der Waals surface area contributed by atoms with Gasteiger partial charge in [0.25, 0.3) is 0 Å². The molecule has 10 heteroatoms. The summed E-state index contributed by atoms with van der Waals surface area (Å²) in [5.41, 5.74) is 0.774. The Balaban J connectivity index is 1.47. The summed E-state index contributed by atoms with van der Waals surface area (Å²) in [6, 6.07) is 9.10. The largest absolute Gasteiger partial charge is 0.493 e. The summed E-state index contributed by atoms with van der Waals surface area (Å²) in [6.45, 7) is 0. The Morgan fingerprint density at radius 2 is 1.96 bits per heavy atom. The molecule has 0 amide bonds. The van der Waals surface area contributed by atoms with Crippen LogP contribution in [0.25, 0.3) is 23.0 Å². The second-order valence-corrected chi connectivity index (χ2v) is 6.66. The monoisotopic (exact) mass is 399 g/mol. The lowest BCUT2D eigenvalue weighted by Crippen LogP contribution is -1.94. The number of furan rings is 1. The van der Waals surface area contributed by atoms with Gasteiger partial charge in [-0.25, -0.2) is 0 Å². The molecule has 0 bridgehead atoms. The highest BCUT2D eigenvalue weighted by atomic mass is 32.2. The summed E-state index contributed by atoms with van der Waals surface area (Å²) < 4.78 is 23.1. The highest BCUT2D eigenvalue weighted by Gasteiger charge is 2.16. The SMILES string of the molecule is COc1ccc(-c2noc(CSc3nnc(-c4ccco4)n3C)n2)cc1OC. The van der Waals surface area contributed by atoms with Gasteiger partial charge in [0.2, 0.25) is 11.7 Å². The number of aromatic nitrogens is 5. The van der Waals surface area contributed by atoms with Crippen LogP contribution in [0.2, 0.25) is 0 Å². The highest BCUT2D eigenvalue weighted by Crippen LogP contribution is 2.31. The van der Waals surface area contributed by atoms with E-state index in [4.69, 9.17) is 18.4 Å². The van der Waals surface area contributed by atoms with Crippen molar-refractivity contribution in [2.24, 2.45) is 7.05 Å². The average Bonchev–Trinajstić information content (AvgIpc) is 3.47. The van der Waals surface area contributed by atoms with E-state index in [2.05, 4.69) is 20.3 Å². The number of hydrogen-bond acceptors (Lipinski definition) is 9. The summed E-state index contributed by atoms with van der Waals surface area (Å²) in [4.78, 5) is 4.44. The number of nitrogens with zero attached hydrogens (tertiary/aromatic N) is 5. The van der Waals surface area contributed by atoms with Crippen molar-refractivity contribution in [3.05, 3.63) is 42.5 Å². The van der Waals surface area contributed by atoms with Crippen LogP contribution in [0.3, 0.4) is 0 Å². The van der Waals surface area contributed by atoms with Gasteiger partial charge in [-0.05, 0) is 30.3 Å². The van der Waals surface area contributed by atoms with Crippen molar-refractivity contribution in [1.82, 2.24) is 24.9 Å². The Morgan fingerprint density at radius 1 is 1.11 bits per heavy atom. The van der Waals surface area contributed by atoms with E-state index in [0.717, 1.165) is 10.7 Å². The Morgan fingerprint density at radius 3 is 2.71 bits per heavy atom. The maximum absolute atomic E-state index is 5.37. The first kappa shape index (κ1) is 18.1. The van der Waals surface area contributed by atoms with Crippen LogP contribution in [0.15, 0.2) is 50.7 Å². The highest BCUT2D eigenvalue weighted by molar-refractivity contribution is 7.98. The topological polar surface area (TPSA) is 101 Å². The van der Waals surface area contributed by atoms with E-state index >= 15 is 0 Å². The van der Waals surface area contributed by atoms with Crippen LogP contribution in [0.5, 0.6) is 11.5 Å². The van der Waals surface area contributed by atoms with E-state index < -0.39 is 0 Å². The summed E-state index contributed by atoms with van der Waals surface area (Å²) >= 11 is 1.45. The second-order valence-electron chi connectivity index (χ2n) is 5.71. The maximum Gasteiger partial charge on any atom is 0.237 e. The Hall–Kier alpha value is -3.27. The molecule has 0 spiro atoms. The molecule has 0 saturated carbocycles. The van der Waals surface area contributed by atoms with Gasteiger partial charge in [-0.1, -0.05) is 16.9 Å². The Labute approximate surface area is 164 Å². The fourth-order valence-electron chi connectivity index (χ4n) is 2.59. The molecule has 0 radical (unpaired) electrons. The lowest BCUT2D eigenvalue weighted by atomic mass is 10.2. The molecule has 0 aliphatic carbocycles. The first-order valence-electron chi connectivity index (χ1n) is 8.30. The lowest BCUT2D eigenvalue weighted by Gasteiger charge is -2.07. The van der Waals surface area contributed by atoms with Crippen LogP contribution in [0.1, 0.15) is 5.89 Å². The fourth-order valence-corrected chi connectivity index (χ4v) is 3.34. The first-order chi connectivity index (χ1) is 13.7. The van der Waals surface area contributed by atoms with Crippen molar-refractivity contribution in [3.63, 3.8) is 0 Å². The van der Waals surface area contributed by atoms with Gasteiger partial charge >= 0.3 is 0 Å². The molecule has 0 saturated heterocycles. The Kier molecular flexibility index (Phi) is 5.02. The van der Waals surface area contributed by atoms with Crippen LogP contribution < -0.4 is 9.47 Å². The van der Waals surface area contributed by atoms with Crippen LogP contribution in [0.4, 0.5) is 0 Å². The zero-order valence-corrected chi connectivity index (χ0v) is 16.3. The molecule has 0 fully saturated rings. The first-order valence-corrected chi connectivity index (χ1v) is 9.29. The van der Waals surface area contributed by atoms with Gasteiger partial charge in [0.15, 0.2) is 28.2 Å². The molecule has 0 unspecified atom stereocenters. The predicted octanol–water partition coefficient (Wildman–Crippen LogP) is 3.43. The minimum absolute atomic E-state index is 0.463. The van der Waals surface area contributed by atoms with Gasteiger partial charge in [-0.3, -0.25) is 0 Å². The summed E-state index contributed by atoms with van der Waals surface area (Å²) in [5, 5.41) is 13.1. The number of methoxy groups -OCH3 is 2. The van der Waals surface area contributed by atoms with Crippen molar-refractivity contribution in [1.29, 1.82) is 0 Å². The molecular formula is C18H17N5O4S. The molecule has 9 nitrogen and oxygen atoms in total. The van der Waals surface area contributed by atoms with Crippen molar-refractivity contribution in [2.75, 3.05) is 14.2 Å². The van der Waals surface area contributed by atoms with Crippen molar-refractivity contribution < 1.29 is 18.4 Å². The molecule has 3 heterocycles. The van der Waals surface area contributed by atoms with Crippen LogP contribution in [0, 0.1) is 0 Å². The normalized spacial score (nSPS) is 11.0. The number of ether oxygens (including phenoxy) is 2. The third kappa shape index (κ3) is 3.46. The third-order valence-electron chi connectivity index (χ3n) is 4.01. The quantitative estimate of drug-likeness (QED) is 0.432. The lowest BCUT2D eigenvalue weighted by molar-refractivity contribution is 0.355. The van der Waals surface area contributed by atoms with E-state index in [9.17, 15) is 0 Å². The van der Waals surface area contributed by atoms with Gasteiger partial charge in [0, 0.05) is 12.6 Å². The Bertz CT molecular complexity index is 1070. The number of hydrogen-bond donors (Lipinski definition) is 0. The van der Waals surface area contributed by atoms with E-state index in [0.29, 0.717) is 40.6 Å². The van der Waals surface area contributed by atoms with Gasteiger partial charge < -0.3 is 23.0 Å². The average molecular weight is 399 g/mol. The zero-order valence-electron chi connectivity index (χ0n) is 15.4. The molecule has 0 atom stereocenters. The molecular weight excluding hydrogens is 382 g/mol. The minimum Gasteiger partial charge on any atom is -0.493 e. The number of thioether (sulfide) groups is 1. The van der Waals surface area contributed by atoms with Gasteiger partial charge in [0.05, 0.1) is 26.2 Å². The molecule has 1 aromatic carbocycles. The third-order valence-corrected chi connectivity index (χ3v) is 5.02. The fraction of sp³-hybridized carbons (Fsp3) is 0.222. The van der Waals surface area contributed by atoms with Gasteiger partial charge in [0.1, 0.15) is 0 Å². The summed E-state index contributed by atoms with van der Waals surface area (Å²) in [6.07, 6.45) is 1.60. The molecule has 144 valence electrons. The zero-order chi connectivity index (χ0) is 19.5. The van der Waals surface area contributed by atoms with Crippen LogP contribution in [-0.2, 0) is 12.8 Å². The van der Waals surface area contributed by atoms with Crippen LogP contribution in [-0.4, -0.2) is 39.1 Å². The van der Waals surface area contributed by atoms with Crippen molar-refractivity contribution in [2.45, 2.75) is 10.9 Å². The smallest absolute Gasteiger partial charge is 0.237 e. The molecule has 0 aliphatic heterocycles. The number of benzene rings is 1. The van der Waals surface area contributed by atoms with E-state index in [-0.39, 0.29) is 0 Å². The molecule has 0 N–H and O–H groups in total. The summed E-state index contributed by atoms with van der Waals surface area (Å²) in [7, 11) is 5.05. The van der Waals surface area contributed by atoms with E-state index in [1.54, 1.807) is 32.6 Å². The standard InChI is InChI=1S/C18H17N5O4S/c1-23-17(13-5-4-8-26-13)20-21-18(23)28-10-15-19-16(22-27-15)11-6-7-12(24-2)14(9-11)25-3/h4-9H,10H2,1-3H3. The van der Waals surface area contributed by atoms with Crippen molar-refractivity contribution >= 4 is 11.8 Å². The van der Waals surface area contributed by atoms with Gasteiger partial charge in [-0.15, -0.1) is 10.2 Å². The second kappa shape index (κ2) is 7.77. The maximum atomic E-state index is 5.37. The molecule has 4 aromatic rings. The van der Waals surface area contributed by atoms with Crippen molar-refractivity contribution in [3.8, 4) is 34.5 Å².